The largest absolute Gasteiger partial charge is 0.462 e. The van der Waals surface area contributed by atoms with Crippen molar-refractivity contribution < 1.29 is 37.2 Å². The Morgan fingerprint density at radius 2 is 1.67 bits per heavy atom. The molecule has 0 unspecified atom stereocenters. The van der Waals surface area contributed by atoms with Crippen molar-refractivity contribution in [1.29, 1.82) is 0 Å². The smallest absolute Gasteiger partial charge is 0.416 e. The zero-order chi connectivity index (χ0) is 23.4. The molecule has 172 valence electrons. The molecule has 0 amide bonds. The summed E-state index contributed by atoms with van der Waals surface area (Å²) in [5, 5.41) is 11.0. The van der Waals surface area contributed by atoms with E-state index >= 15 is 0 Å². The van der Waals surface area contributed by atoms with Gasteiger partial charge in [-0.15, -0.1) is 0 Å². The van der Waals surface area contributed by atoms with Crippen LogP contribution < -0.4 is 18.9 Å². The van der Waals surface area contributed by atoms with Gasteiger partial charge in [0.2, 0.25) is 12.6 Å². The van der Waals surface area contributed by atoms with Gasteiger partial charge in [-0.25, -0.2) is 0 Å². The minimum atomic E-state index is -4.48. The first-order chi connectivity index (χ1) is 15.6. The first-order valence-electron chi connectivity index (χ1n) is 10.4. The van der Waals surface area contributed by atoms with Crippen LogP contribution in [-0.4, -0.2) is 17.7 Å². The van der Waals surface area contributed by atoms with E-state index < -0.39 is 23.4 Å². The molecule has 0 saturated carbocycles. The molecule has 0 radical (unpaired) electrons. The predicted octanol–water partition coefficient (Wildman–Crippen LogP) is 6.10. The Labute approximate surface area is 188 Å². The average molecular weight is 458 g/mol. The zero-order valence-electron chi connectivity index (χ0n) is 17.8. The molecule has 5 nitrogen and oxygen atoms in total. The molecule has 3 atom stereocenters. The van der Waals surface area contributed by atoms with Crippen LogP contribution in [0.1, 0.15) is 36.5 Å². The second-order valence-corrected chi connectivity index (χ2v) is 8.33. The highest BCUT2D eigenvalue weighted by molar-refractivity contribution is 5.58. The Hall–Kier alpha value is -3.39. The van der Waals surface area contributed by atoms with Gasteiger partial charge in [-0.3, -0.25) is 0 Å². The van der Waals surface area contributed by atoms with Crippen LogP contribution in [-0.2, 0) is 6.18 Å². The fourth-order valence-electron chi connectivity index (χ4n) is 4.29. The summed E-state index contributed by atoms with van der Waals surface area (Å²) in [5.74, 6) is -0.337. The quantitative estimate of drug-likeness (QED) is 0.514. The van der Waals surface area contributed by atoms with Crippen LogP contribution >= 0.6 is 0 Å². The van der Waals surface area contributed by atoms with Gasteiger partial charge in [0.15, 0.2) is 11.5 Å². The predicted molar refractivity (Wildman–Crippen MR) is 113 cm³/mol. The zero-order valence-corrected chi connectivity index (χ0v) is 17.8. The molecule has 0 saturated heterocycles. The summed E-state index contributed by atoms with van der Waals surface area (Å²) in [6.07, 6.45) is -4.48. The van der Waals surface area contributed by atoms with Gasteiger partial charge in [-0.05, 0) is 30.3 Å². The molecule has 3 aromatic carbocycles. The molecular formula is C25H21F3O5. The number of fused-ring (bicyclic) bond motifs is 2. The molecule has 3 aromatic rings. The van der Waals surface area contributed by atoms with Gasteiger partial charge in [0.1, 0.15) is 17.2 Å². The number of hydrogen-bond donors (Lipinski definition) is 1. The summed E-state index contributed by atoms with van der Waals surface area (Å²) in [5.41, 5.74) is 0.669. The summed E-state index contributed by atoms with van der Waals surface area (Å²) in [7, 11) is 0. The number of benzene rings is 3. The van der Waals surface area contributed by atoms with Crippen LogP contribution in [0.15, 0.2) is 60.7 Å². The molecule has 2 aliphatic heterocycles. The van der Waals surface area contributed by atoms with Crippen LogP contribution in [0.3, 0.4) is 0 Å². The highest BCUT2D eigenvalue weighted by atomic mass is 19.4. The fourth-order valence-corrected chi connectivity index (χ4v) is 4.29. The molecule has 33 heavy (non-hydrogen) atoms. The minimum Gasteiger partial charge on any atom is -0.462 e. The lowest BCUT2D eigenvalue weighted by atomic mass is 9.75. The molecular weight excluding hydrogens is 437 g/mol. The Bertz CT molecular complexity index is 1200. The van der Waals surface area contributed by atoms with Gasteiger partial charge in [0.05, 0.1) is 5.56 Å². The summed E-state index contributed by atoms with van der Waals surface area (Å²) < 4.78 is 62.3. The fraction of sp³-hybridized carbons (Fsp3) is 0.280. The van der Waals surface area contributed by atoms with Crippen molar-refractivity contribution in [3.05, 3.63) is 77.4 Å². The number of hydrogen-bond acceptors (Lipinski definition) is 5. The van der Waals surface area contributed by atoms with E-state index in [0.717, 1.165) is 17.7 Å². The monoisotopic (exact) mass is 458 g/mol. The third-order valence-electron chi connectivity index (χ3n) is 6.14. The Balaban J connectivity index is 1.60. The van der Waals surface area contributed by atoms with Gasteiger partial charge in [-0.1, -0.05) is 31.2 Å². The van der Waals surface area contributed by atoms with Crippen LogP contribution in [0.2, 0.25) is 0 Å². The molecule has 0 bridgehead atoms. The molecule has 0 aliphatic carbocycles. The highest BCUT2D eigenvalue weighted by Crippen LogP contribution is 2.53. The van der Waals surface area contributed by atoms with Crippen molar-refractivity contribution in [2.75, 3.05) is 6.79 Å². The van der Waals surface area contributed by atoms with E-state index in [9.17, 15) is 18.3 Å². The van der Waals surface area contributed by atoms with Gasteiger partial charge in [0.25, 0.3) is 0 Å². The first-order valence-corrected chi connectivity index (χ1v) is 10.4. The third kappa shape index (κ3) is 3.84. The number of para-hydroxylation sites is 1. The van der Waals surface area contributed by atoms with Crippen molar-refractivity contribution in [2.45, 2.75) is 31.7 Å². The Morgan fingerprint density at radius 1 is 0.939 bits per heavy atom. The average Bonchev–Trinajstić information content (AvgIpc) is 3.21. The minimum absolute atomic E-state index is 0.0645. The molecule has 2 heterocycles. The lowest BCUT2D eigenvalue weighted by Gasteiger charge is -2.42. The number of rotatable bonds is 3. The second-order valence-electron chi connectivity index (χ2n) is 8.33. The lowest BCUT2D eigenvalue weighted by Crippen LogP contribution is -2.45. The molecule has 0 aromatic heterocycles. The first kappa shape index (κ1) is 21.5. The third-order valence-corrected chi connectivity index (χ3v) is 6.14. The van der Waals surface area contributed by atoms with E-state index in [1.54, 1.807) is 25.1 Å². The Kier molecular flexibility index (Phi) is 4.93. The van der Waals surface area contributed by atoms with Gasteiger partial charge >= 0.3 is 6.18 Å². The van der Waals surface area contributed by atoms with Crippen LogP contribution in [0.25, 0.3) is 0 Å². The highest BCUT2D eigenvalue weighted by Gasteiger charge is 2.45. The molecule has 1 N–H and O–H groups in total. The molecule has 0 fully saturated rings. The topological polar surface area (TPSA) is 57.2 Å². The number of halogens is 3. The maximum absolute atomic E-state index is 13.2. The van der Waals surface area contributed by atoms with Crippen molar-refractivity contribution in [2.24, 2.45) is 5.92 Å². The number of alkyl halides is 3. The maximum atomic E-state index is 13.2. The molecule has 8 heteroatoms. The summed E-state index contributed by atoms with van der Waals surface area (Å²) in [6, 6.07) is 15.3. The Morgan fingerprint density at radius 3 is 2.42 bits per heavy atom. The maximum Gasteiger partial charge on any atom is 0.416 e. The lowest BCUT2D eigenvalue weighted by molar-refractivity contribution is -0.171. The van der Waals surface area contributed by atoms with Crippen LogP contribution in [0.5, 0.6) is 28.7 Å². The van der Waals surface area contributed by atoms with E-state index in [1.165, 1.54) is 12.1 Å². The van der Waals surface area contributed by atoms with Crippen molar-refractivity contribution in [1.82, 2.24) is 0 Å². The summed E-state index contributed by atoms with van der Waals surface area (Å²) in [4.78, 5) is 0. The standard InChI is InChI=1S/C25H21F3O5/c1-14-23(18-11-21-22(31-13-30-21)12-20(18)33-24(14,2)29)17-8-3-4-9-19(17)32-16-7-5-6-15(10-16)25(26,27)28/h3-12,14,23,29H,13H2,1-2H3/t14-,23-,24+/m0/s1. The van der Waals surface area contributed by atoms with Gasteiger partial charge < -0.3 is 24.1 Å². The van der Waals surface area contributed by atoms with E-state index in [2.05, 4.69) is 0 Å². The van der Waals surface area contributed by atoms with Crippen molar-refractivity contribution in [3.8, 4) is 28.7 Å². The number of ether oxygens (including phenoxy) is 4. The van der Waals surface area contributed by atoms with Crippen molar-refractivity contribution in [3.63, 3.8) is 0 Å². The SMILES string of the molecule is C[C@H]1[C@@H](c2ccccc2Oc2cccc(C(F)(F)F)c2)c2cc3c(cc2O[C@@]1(C)O)OCO3. The van der Waals surface area contributed by atoms with E-state index in [-0.39, 0.29) is 18.5 Å². The molecule has 0 spiro atoms. The van der Waals surface area contributed by atoms with Gasteiger partial charge in [-0.2, -0.15) is 13.2 Å². The van der Waals surface area contributed by atoms with Crippen LogP contribution in [0.4, 0.5) is 13.2 Å². The van der Waals surface area contributed by atoms with Crippen molar-refractivity contribution >= 4 is 0 Å². The summed E-state index contributed by atoms with van der Waals surface area (Å²) in [6.45, 7) is 3.51. The normalized spacial score (nSPS) is 23.6. The number of aliphatic hydroxyl groups is 1. The molecule has 5 rings (SSSR count). The van der Waals surface area contributed by atoms with Crippen LogP contribution in [0, 0.1) is 5.92 Å². The summed E-state index contributed by atoms with van der Waals surface area (Å²) >= 11 is 0. The van der Waals surface area contributed by atoms with E-state index in [0.29, 0.717) is 28.6 Å². The van der Waals surface area contributed by atoms with E-state index in [4.69, 9.17) is 18.9 Å². The van der Waals surface area contributed by atoms with E-state index in [1.807, 2.05) is 25.1 Å². The second kappa shape index (κ2) is 7.59. The van der Waals surface area contributed by atoms with Gasteiger partial charge in [0, 0.05) is 36.0 Å². The molecule has 2 aliphatic rings.